The van der Waals surface area contributed by atoms with E-state index >= 15 is 0 Å². The highest BCUT2D eigenvalue weighted by Gasteiger charge is 2.28. The molecule has 0 atom stereocenters. The summed E-state index contributed by atoms with van der Waals surface area (Å²) in [6.45, 7) is 6.81. The number of hydrogen-bond donors (Lipinski definition) is 0. The van der Waals surface area contributed by atoms with Gasteiger partial charge in [-0.2, -0.15) is 0 Å². The van der Waals surface area contributed by atoms with Gasteiger partial charge >= 0.3 is 0 Å². The lowest BCUT2D eigenvalue weighted by molar-refractivity contribution is -0.139. The molecular weight excluding hydrogens is 276 g/mol. The highest BCUT2D eigenvalue weighted by atomic mass is 32.2. The molecule has 20 heavy (non-hydrogen) atoms. The second-order valence-electron chi connectivity index (χ2n) is 5.88. The van der Waals surface area contributed by atoms with E-state index in [0.717, 1.165) is 32.5 Å². The van der Waals surface area contributed by atoms with Gasteiger partial charge in [0, 0.05) is 19.7 Å². The Bertz CT molecular complexity index is 354. The first kappa shape index (κ1) is 15.6. The Kier molecular flexibility index (Phi) is 5.72. The van der Waals surface area contributed by atoms with E-state index in [0.29, 0.717) is 17.5 Å². The maximum absolute atomic E-state index is 12.2. The van der Waals surface area contributed by atoms with Crippen LogP contribution in [0, 0.1) is 5.92 Å². The summed E-state index contributed by atoms with van der Waals surface area (Å²) in [5.74, 6) is 1.87. The normalized spacial score (nSPS) is 21.1. The third-order valence-electron chi connectivity index (χ3n) is 3.61. The zero-order chi connectivity index (χ0) is 14.5. The molecule has 0 unspecified atom stereocenters. The SMILES string of the molecule is CC(C)COC1CCN(C(=O)CN2CSCC2=O)CC1. The van der Waals surface area contributed by atoms with Crippen molar-refractivity contribution in [2.45, 2.75) is 32.8 Å². The Morgan fingerprint density at radius 3 is 2.65 bits per heavy atom. The smallest absolute Gasteiger partial charge is 0.242 e. The zero-order valence-corrected chi connectivity index (χ0v) is 13.2. The van der Waals surface area contributed by atoms with Crippen molar-refractivity contribution < 1.29 is 14.3 Å². The standard InChI is InChI=1S/C14H24N2O3S/c1-11(2)8-19-12-3-5-15(6-4-12)13(17)7-16-10-20-9-14(16)18/h11-12H,3-10H2,1-2H3. The Labute approximate surface area is 125 Å². The van der Waals surface area contributed by atoms with Crippen LogP contribution in [0.15, 0.2) is 0 Å². The van der Waals surface area contributed by atoms with Crippen LogP contribution in [-0.4, -0.2) is 65.6 Å². The van der Waals surface area contributed by atoms with E-state index in [2.05, 4.69) is 13.8 Å². The molecule has 0 aromatic rings. The number of thioether (sulfide) groups is 1. The number of carbonyl (C=O) groups excluding carboxylic acids is 2. The zero-order valence-electron chi connectivity index (χ0n) is 12.3. The van der Waals surface area contributed by atoms with Crippen molar-refractivity contribution in [3.8, 4) is 0 Å². The minimum Gasteiger partial charge on any atom is -0.378 e. The molecule has 0 aliphatic carbocycles. The average molecular weight is 300 g/mol. The number of rotatable bonds is 5. The molecule has 0 aromatic heterocycles. The van der Waals surface area contributed by atoms with E-state index in [4.69, 9.17) is 4.74 Å². The number of amides is 2. The Morgan fingerprint density at radius 2 is 2.10 bits per heavy atom. The first-order valence-corrected chi connectivity index (χ1v) is 8.46. The molecule has 114 valence electrons. The molecule has 0 saturated carbocycles. The molecule has 5 nitrogen and oxygen atoms in total. The molecule has 0 N–H and O–H groups in total. The molecule has 2 fully saturated rings. The van der Waals surface area contributed by atoms with Gasteiger partial charge < -0.3 is 14.5 Å². The summed E-state index contributed by atoms with van der Waals surface area (Å²) in [6.07, 6.45) is 2.09. The number of piperidine rings is 1. The van der Waals surface area contributed by atoms with Crippen molar-refractivity contribution in [2.24, 2.45) is 5.92 Å². The van der Waals surface area contributed by atoms with Gasteiger partial charge in [-0.15, -0.1) is 11.8 Å². The van der Waals surface area contributed by atoms with Crippen molar-refractivity contribution in [1.29, 1.82) is 0 Å². The van der Waals surface area contributed by atoms with Crippen LogP contribution >= 0.6 is 11.8 Å². The van der Waals surface area contributed by atoms with Crippen LogP contribution < -0.4 is 0 Å². The number of nitrogens with zero attached hydrogens (tertiary/aromatic N) is 2. The predicted octanol–water partition coefficient (Wildman–Crippen LogP) is 1.18. The van der Waals surface area contributed by atoms with E-state index in [1.165, 1.54) is 0 Å². The van der Waals surface area contributed by atoms with Gasteiger partial charge in [0.05, 0.1) is 17.7 Å². The van der Waals surface area contributed by atoms with Crippen LogP contribution in [-0.2, 0) is 14.3 Å². The van der Waals surface area contributed by atoms with Gasteiger partial charge in [0.1, 0.15) is 6.54 Å². The van der Waals surface area contributed by atoms with Gasteiger partial charge in [-0.3, -0.25) is 9.59 Å². The summed E-state index contributed by atoms with van der Waals surface area (Å²) >= 11 is 1.57. The fourth-order valence-corrected chi connectivity index (χ4v) is 3.31. The molecule has 0 bridgehead atoms. The fourth-order valence-electron chi connectivity index (χ4n) is 2.40. The average Bonchev–Trinajstić information content (AvgIpc) is 2.82. The Balaban J connectivity index is 1.70. The summed E-state index contributed by atoms with van der Waals surface area (Å²) < 4.78 is 5.82. The summed E-state index contributed by atoms with van der Waals surface area (Å²) in [6, 6.07) is 0. The number of hydrogen-bond acceptors (Lipinski definition) is 4. The Morgan fingerprint density at radius 1 is 1.40 bits per heavy atom. The van der Waals surface area contributed by atoms with Crippen molar-refractivity contribution in [3.63, 3.8) is 0 Å². The van der Waals surface area contributed by atoms with E-state index in [9.17, 15) is 9.59 Å². The van der Waals surface area contributed by atoms with Gasteiger partial charge in [0.2, 0.25) is 11.8 Å². The highest BCUT2D eigenvalue weighted by Crippen LogP contribution is 2.17. The largest absolute Gasteiger partial charge is 0.378 e. The van der Waals surface area contributed by atoms with Gasteiger partial charge in [-0.25, -0.2) is 0 Å². The predicted molar refractivity (Wildman–Crippen MR) is 79.4 cm³/mol. The molecule has 2 heterocycles. The maximum atomic E-state index is 12.2. The van der Waals surface area contributed by atoms with Gasteiger partial charge in [-0.05, 0) is 18.8 Å². The second-order valence-corrected chi connectivity index (χ2v) is 6.83. The summed E-state index contributed by atoms with van der Waals surface area (Å²) in [5.41, 5.74) is 0. The van der Waals surface area contributed by atoms with E-state index in [1.54, 1.807) is 16.7 Å². The van der Waals surface area contributed by atoms with Crippen LogP contribution in [0.5, 0.6) is 0 Å². The summed E-state index contributed by atoms with van der Waals surface area (Å²) in [4.78, 5) is 27.2. The Hall–Kier alpha value is -0.750. The molecule has 2 rings (SSSR count). The molecule has 0 aromatic carbocycles. The quantitative estimate of drug-likeness (QED) is 0.765. The van der Waals surface area contributed by atoms with Gasteiger partial charge in [-0.1, -0.05) is 13.8 Å². The molecule has 2 aliphatic heterocycles. The summed E-state index contributed by atoms with van der Waals surface area (Å²) in [7, 11) is 0. The lowest BCUT2D eigenvalue weighted by Gasteiger charge is -2.33. The van der Waals surface area contributed by atoms with E-state index in [-0.39, 0.29) is 24.5 Å². The van der Waals surface area contributed by atoms with Crippen molar-refractivity contribution in [2.75, 3.05) is 37.9 Å². The maximum Gasteiger partial charge on any atom is 0.242 e. The molecule has 2 saturated heterocycles. The highest BCUT2D eigenvalue weighted by molar-refractivity contribution is 8.00. The number of ether oxygens (including phenoxy) is 1. The van der Waals surface area contributed by atoms with Gasteiger partial charge in [0.15, 0.2) is 0 Å². The first-order valence-electron chi connectivity index (χ1n) is 7.31. The topological polar surface area (TPSA) is 49.9 Å². The van der Waals surface area contributed by atoms with Crippen LogP contribution in [0.4, 0.5) is 0 Å². The lowest BCUT2D eigenvalue weighted by atomic mass is 10.1. The summed E-state index contributed by atoms with van der Waals surface area (Å²) in [5, 5.41) is 0. The molecule has 0 spiro atoms. The molecule has 0 radical (unpaired) electrons. The molecule has 2 aliphatic rings. The van der Waals surface area contributed by atoms with Crippen LogP contribution in [0.1, 0.15) is 26.7 Å². The number of likely N-dealkylation sites (tertiary alicyclic amines) is 1. The van der Waals surface area contributed by atoms with Crippen LogP contribution in [0.3, 0.4) is 0 Å². The molecule has 2 amide bonds. The second kappa shape index (κ2) is 7.31. The minimum atomic E-state index is 0.0724. The van der Waals surface area contributed by atoms with Crippen molar-refractivity contribution in [3.05, 3.63) is 0 Å². The molecular formula is C14H24N2O3S. The monoisotopic (exact) mass is 300 g/mol. The van der Waals surface area contributed by atoms with Gasteiger partial charge in [0.25, 0.3) is 0 Å². The lowest BCUT2D eigenvalue weighted by Crippen LogP contribution is -2.46. The molecule has 6 heteroatoms. The van der Waals surface area contributed by atoms with Crippen molar-refractivity contribution >= 4 is 23.6 Å². The minimum absolute atomic E-state index is 0.0724. The third kappa shape index (κ3) is 4.38. The first-order chi connectivity index (χ1) is 9.56. The third-order valence-corrected chi connectivity index (χ3v) is 4.56. The number of carbonyl (C=O) groups is 2. The fraction of sp³-hybridized carbons (Fsp3) is 0.857. The van der Waals surface area contributed by atoms with Crippen LogP contribution in [0.25, 0.3) is 0 Å². The van der Waals surface area contributed by atoms with E-state index in [1.807, 2.05) is 4.90 Å². The van der Waals surface area contributed by atoms with E-state index < -0.39 is 0 Å². The van der Waals surface area contributed by atoms with Crippen LogP contribution in [0.2, 0.25) is 0 Å². The van der Waals surface area contributed by atoms with Crippen molar-refractivity contribution in [1.82, 2.24) is 9.80 Å².